The van der Waals surface area contributed by atoms with Crippen molar-refractivity contribution in [3.05, 3.63) is 99.3 Å². The summed E-state index contributed by atoms with van der Waals surface area (Å²) < 4.78 is 24.4. The van der Waals surface area contributed by atoms with Gasteiger partial charge in [0, 0.05) is 10.6 Å². The smallest absolute Gasteiger partial charge is 0.262 e. The number of nitrogens with zero attached hydrogens (tertiary/aromatic N) is 1. The molecule has 3 aromatic carbocycles. The van der Waals surface area contributed by atoms with E-state index in [4.69, 9.17) is 32.7 Å². The Bertz CT molecular complexity index is 1250. The van der Waals surface area contributed by atoms with Gasteiger partial charge in [-0.3, -0.25) is 9.69 Å². The minimum absolute atomic E-state index is 0.0666. The Morgan fingerprint density at radius 3 is 2.28 bits per heavy atom. The Balaban J connectivity index is 1.82. The Labute approximate surface area is 195 Å². The molecule has 0 N–H and O–H groups in total. The number of carbonyl (C=O) groups is 1. The minimum Gasteiger partial charge on any atom is -0.493 e. The SMILES string of the molecule is COc1ccc(/C=C2\C=C(c3ccc(Cl)cc3)N(c3ccc(F)c(Cl)c3)C2=O)cc1OC. The van der Waals surface area contributed by atoms with Gasteiger partial charge in [-0.15, -0.1) is 0 Å². The minimum atomic E-state index is -0.555. The van der Waals surface area contributed by atoms with Crippen LogP contribution in [0.4, 0.5) is 10.1 Å². The number of methoxy groups -OCH3 is 2. The number of halogens is 3. The molecule has 0 spiro atoms. The molecular formula is C25H18Cl2FNO3. The van der Waals surface area contributed by atoms with Gasteiger partial charge in [-0.2, -0.15) is 0 Å². The van der Waals surface area contributed by atoms with Crippen LogP contribution in [0.1, 0.15) is 11.1 Å². The molecule has 0 bridgehead atoms. The molecule has 32 heavy (non-hydrogen) atoms. The van der Waals surface area contributed by atoms with Gasteiger partial charge in [0.2, 0.25) is 0 Å². The molecule has 1 aliphatic heterocycles. The van der Waals surface area contributed by atoms with E-state index in [-0.39, 0.29) is 10.9 Å². The quantitative estimate of drug-likeness (QED) is 0.394. The molecule has 7 heteroatoms. The largest absolute Gasteiger partial charge is 0.493 e. The maximum atomic E-state index is 13.7. The number of amides is 1. The highest BCUT2D eigenvalue weighted by Crippen LogP contribution is 2.37. The molecule has 0 unspecified atom stereocenters. The lowest BCUT2D eigenvalue weighted by Gasteiger charge is -2.21. The van der Waals surface area contributed by atoms with Crippen LogP contribution in [0, 0.1) is 5.82 Å². The van der Waals surface area contributed by atoms with E-state index in [1.807, 2.05) is 18.2 Å². The van der Waals surface area contributed by atoms with E-state index in [1.54, 1.807) is 50.6 Å². The molecule has 1 aliphatic rings. The third kappa shape index (κ3) is 4.22. The van der Waals surface area contributed by atoms with E-state index in [1.165, 1.54) is 23.1 Å². The second-order valence-electron chi connectivity index (χ2n) is 6.99. The summed E-state index contributed by atoms with van der Waals surface area (Å²) in [6.07, 6.45) is 3.53. The number of hydrogen-bond acceptors (Lipinski definition) is 3. The van der Waals surface area contributed by atoms with E-state index in [2.05, 4.69) is 0 Å². The van der Waals surface area contributed by atoms with Crippen molar-refractivity contribution in [3.63, 3.8) is 0 Å². The van der Waals surface area contributed by atoms with Gasteiger partial charge >= 0.3 is 0 Å². The third-order valence-corrected chi connectivity index (χ3v) is 5.56. The summed E-state index contributed by atoms with van der Waals surface area (Å²) in [6.45, 7) is 0. The summed E-state index contributed by atoms with van der Waals surface area (Å²) >= 11 is 12.0. The lowest BCUT2D eigenvalue weighted by atomic mass is 10.1. The van der Waals surface area contributed by atoms with Crippen LogP contribution in [-0.4, -0.2) is 20.1 Å². The molecular weight excluding hydrogens is 452 g/mol. The second kappa shape index (κ2) is 9.07. The van der Waals surface area contributed by atoms with Crippen LogP contribution in [0.25, 0.3) is 11.8 Å². The van der Waals surface area contributed by atoms with Crippen LogP contribution in [0.15, 0.2) is 72.3 Å². The number of benzene rings is 3. The highest BCUT2D eigenvalue weighted by molar-refractivity contribution is 6.32. The van der Waals surface area contributed by atoms with Crippen molar-refractivity contribution in [3.8, 4) is 11.5 Å². The standard InChI is InChI=1S/C25H18Cl2FNO3/c1-31-23-10-3-15(12-24(23)32-2)11-17-13-22(16-4-6-18(26)7-5-16)29(25(17)30)19-8-9-21(28)20(27)14-19/h3-14H,1-2H3/b17-11+. The predicted molar refractivity (Wildman–Crippen MR) is 126 cm³/mol. The van der Waals surface area contributed by atoms with Crippen LogP contribution in [0.3, 0.4) is 0 Å². The first-order chi connectivity index (χ1) is 15.4. The zero-order valence-electron chi connectivity index (χ0n) is 17.2. The van der Waals surface area contributed by atoms with E-state index in [0.29, 0.717) is 33.5 Å². The Morgan fingerprint density at radius 2 is 1.62 bits per heavy atom. The number of rotatable bonds is 5. The fraction of sp³-hybridized carbons (Fsp3) is 0.0800. The van der Waals surface area contributed by atoms with E-state index in [9.17, 15) is 9.18 Å². The summed E-state index contributed by atoms with van der Waals surface area (Å²) in [7, 11) is 3.11. The van der Waals surface area contributed by atoms with Crippen molar-refractivity contribution in [2.24, 2.45) is 0 Å². The molecule has 0 aromatic heterocycles. The lowest BCUT2D eigenvalue weighted by Crippen LogP contribution is -2.25. The van der Waals surface area contributed by atoms with Gasteiger partial charge in [-0.25, -0.2) is 4.39 Å². The van der Waals surface area contributed by atoms with Crippen molar-refractivity contribution in [1.82, 2.24) is 0 Å². The Morgan fingerprint density at radius 1 is 0.906 bits per heavy atom. The molecule has 1 heterocycles. The van der Waals surface area contributed by atoms with Crippen molar-refractivity contribution in [2.45, 2.75) is 0 Å². The fourth-order valence-corrected chi connectivity index (χ4v) is 3.75. The average molecular weight is 470 g/mol. The monoisotopic (exact) mass is 469 g/mol. The molecule has 0 aliphatic carbocycles. The molecule has 162 valence electrons. The zero-order valence-corrected chi connectivity index (χ0v) is 18.7. The molecule has 4 nitrogen and oxygen atoms in total. The third-order valence-electron chi connectivity index (χ3n) is 5.01. The Hall–Kier alpha value is -3.28. The average Bonchev–Trinajstić information content (AvgIpc) is 3.12. The van der Waals surface area contributed by atoms with Gasteiger partial charge < -0.3 is 9.47 Å². The molecule has 0 radical (unpaired) electrons. The van der Waals surface area contributed by atoms with Crippen LogP contribution < -0.4 is 14.4 Å². The van der Waals surface area contributed by atoms with Gasteiger partial charge in [0.15, 0.2) is 11.5 Å². The van der Waals surface area contributed by atoms with Gasteiger partial charge in [0.25, 0.3) is 5.91 Å². The highest BCUT2D eigenvalue weighted by atomic mass is 35.5. The Kier molecular flexibility index (Phi) is 6.21. The normalized spacial score (nSPS) is 14.7. The topological polar surface area (TPSA) is 38.8 Å². The molecule has 1 amide bonds. The molecule has 0 atom stereocenters. The predicted octanol–water partition coefficient (Wildman–Crippen LogP) is 6.62. The van der Waals surface area contributed by atoms with E-state index in [0.717, 1.165) is 11.1 Å². The van der Waals surface area contributed by atoms with Gasteiger partial charge in [0.1, 0.15) is 5.82 Å². The first-order valence-corrected chi connectivity index (χ1v) is 10.4. The summed E-state index contributed by atoms with van der Waals surface area (Å²) in [4.78, 5) is 14.9. The molecule has 4 rings (SSSR count). The summed E-state index contributed by atoms with van der Waals surface area (Å²) in [5.74, 6) is 0.316. The van der Waals surface area contributed by atoms with Gasteiger partial charge in [0.05, 0.1) is 30.6 Å². The van der Waals surface area contributed by atoms with Crippen LogP contribution in [-0.2, 0) is 4.79 Å². The molecule has 3 aromatic rings. The summed E-state index contributed by atoms with van der Waals surface area (Å²) in [6, 6.07) is 16.7. The fourth-order valence-electron chi connectivity index (χ4n) is 3.45. The lowest BCUT2D eigenvalue weighted by molar-refractivity contribution is -0.113. The maximum absolute atomic E-state index is 13.7. The second-order valence-corrected chi connectivity index (χ2v) is 7.83. The van der Waals surface area contributed by atoms with Crippen molar-refractivity contribution >= 4 is 46.6 Å². The molecule has 0 saturated heterocycles. The number of anilines is 1. The molecule has 0 fully saturated rings. The van der Waals surface area contributed by atoms with Crippen LogP contribution >= 0.6 is 23.2 Å². The number of hydrogen-bond donors (Lipinski definition) is 0. The van der Waals surface area contributed by atoms with Crippen LogP contribution in [0.2, 0.25) is 10.0 Å². The zero-order chi connectivity index (χ0) is 22.8. The van der Waals surface area contributed by atoms with Gasteiger partial charge in [-0.05, 0) is 65.7 Å². The van der Waals surface area contributed by atoms with Crippen molar-refractivity contribution in [2.75, 3.05) is 19.1 Å². The summed E-state index contributed by atoms with van der Waals surface area (Å²) in [5.41, 5.74) is 3.07. The van der Waals surface area contributed by atoms with E-state index >= 15 is 0 Å². The van der Waals surface area contributed by atoms with Crippen LogP contribution in [0.5, 0.6) is 11.5 Å². The number of carbonyl (C=O) groups excluding carboxylic acids is 1. The van der Waals surface area contributed by atoms with Crippen molar-refractivity contribution in [1.29, 1.82) is 0 Å². The van der Waals surface area contributed by atoms with Gasteiger partial charge in [-0.1, -0.05) is 41.4 Å². The number of ether oxygens (including phenoxy) is 2. The first kappa shape index (κ1) is 21.9. The summed E-state index contributed by atoms with van der Waals surface area (Å²) in [5, 5.41) is 0.513. The van der Waals surface area contributed by atoms with Crippen molar-refractivity contribution < 1.29 is 18.7 Å². The molecule has 0 saturated carbocycles. The highest BCUT2D eigenvalue weighted by Gasteiger charge is 2.31. The maximum Gasteiger partial charge on any atom is 0.262 e. The first-order valence-electron chi connectivity index (χ1n) is 9.62. The van der Waals surface area contributed by atoms with E-state index < -0.39 is 5.82 Å².